The second-order valence-electron chi connectivity index (χ2n) is 16.1. The normalized spacial score (nSPS) is 14.6. The van der Waals surface area contributed by atoms with Gasteiger partial charge in [-0.15, -0.1) is 11.3 Å². The van der Waals surface area contributed by atoms with Crippen molar-refractivity contribution in [1.29, 1.82) is 0 Å². The Morgan fingerprint density at radius 3 is 1.87 bits per heavy atom. The molecule has 2 aliphatic rings. The standard InChI is InChI=1S/C52H39NS/c1-51(2)42-19-10-7-16-37(42)41-31-35(28-29-44(41)51)53(46-22-13-21-45-49(46)38-17-8-11-20-43(38)52(45,3)4)34-26-24-32(25-27-34)40-30-33-14-5-6-15-36(33)50-48(40)39-18-9-12-23-47(39)54-50/h5-31H,1-4H3. The van der Waals surface area contributed by atoms with E-state index in [1.807, 2.05) is 11.3 Å². The predicted octanol–water partition coefficient (Wildman–Crippen LogP) is 15.0. The van der Waals surface area contributed by atoms with Crippen molar-refractivity contribution in [3.05, 3.63) is 186 Å². The molecule has 2 aliphatic carbocycles. The van der Waals surface area contributed by atoms with E-state index in [4.69, 9.17) is 0 Å². The Balaban J connectivity index is 1.14. The van der Waals surface area contributed by atoms with Gasteiger partial charge < -0.3 is 4.90 Å². The summed E-state index contributed by atoms with van der Waals surface area (Å²) in [4.78, 5) is 2.50. The fourth-order valence-electron chi connectivity index (χ4n) is 9.77. The maximum Gasteiger partial charge on any atom is 0.0543 e. The van der Waals surface area contributed by atoms with Crippen molar-refractivity contribution >= 4 is 59.3 Å². The van der Waals surface area contributed by atoms with Gasteiger partial charge in [0, 0.05) is 47.9 Å². The van der Waals surface area contributed by atoms with Gasteiger partial charge >= 0.3 is 0 Å². The summed E-state index contributed by atoms with van der Waals surface area (Å²) in [6, 6.07) is 61.4. The number of hydrogen-bond acceptors (Lipinski definition) is 2. The molecule has 0 saturated heterocycles. The molecule has 0 atom stereocenters. The third-order valence-electron chi connectivity index (χ3n) is 12.5. The molecule has 1 nitrogen and oxygen atoms in total. The van der Waals surface area contributed by atoms with Gasteiger partial charge in [0.05, 0.1) is 5.69 Å². The van der Waals surface area contributed by atoms with Crippen LogP contribution in [-0.4, -0.2) is 0 Å². The minimum Gasteiger partial charge on any atom is -0.310 e. The minimum atomic E-state index is -0.0941. The molecular formula is C52H39NS. The van der Waals surface area contributed by atoms with Gasteiger partial charge in [0.25, 0.3) is 0 Å². The van der Waals surface area contributed by atoms with E-state index >= 15 is 0 Å². The lowest BCUT2D eigenvalue weighted by molar-refractivity contribution is 0.660. The summed E-state index contributed by atoms with van der Waals surface area (Å²) in [6.45, 7) is 9.45. The molecule has 0 aliphatic heterocycles. The van der Waals surface area contributed by atoms with Crippen molar-refractivity contribution in [2.75, 3.05) is 4.90 Å². The third kappa shape index (κ3) is 4.32. The summed E-state index contributed by atoms with van der Waals surface area (Å²) in [5, 5.41) is 5.27. The highest BCUT2D eigenvalue weighted by Crippen LogP contribution is 2.56. The van der Waals surface area contributed by atoms with E-state index in [-0.39, 0.29) is 10.8 Å². The highest BCUT2D eigenvalue weighted by atomic mass is 32.1. The molecule has 0 fully saturated rings. The van der Waals surface area contributed by atoms with Crippen LogP contribution in [0.3, 0.4) is 0 Å². The second kappa shape index (κ2) is 11.3. The molecule has 0 amide bonds. The Morgan fingerprint density at radius 1 is 0.444 bits per heavy atom. The zero-order chi connectivity index (χ0) is 36.3. The molecule has 0 radical (unpaired) electrons. The zero-order valence-corrected chi connectivity index (χ0v) is 31.8. The lowest BCUT2D eigenvalue weighted by Crippen LogP contribution is -2.16. The van der Waals surface area contributed by atoms with E-state index in [1.54, 1.807) is 0 Å². The maximum absolute atomic E-state index is 2.50. The van der Waals surface area contributed by atoms with Gasteiger partial charge in [0.1, 0.15) is 0 Å². The first-order valence-corrected chi connectivity index (χ1v) is 19.8. The average molecular weight is 710 g/mol. The van der Waals surface area contributed by atoms with Gasteiger partial charge in [-0.05, 0) is 103 Å². The van der Waals surface area contributed by atoms with Gasteiger partial charge in [-0.3, -0.25) is 0 Å². The number of fused-ring (bicyclic) bond motifs is 11. The summed E-state index contributed by atoms with van der Waals surface area (Å²) >= 11 is 1.90. The summed E-state index contributed by atoms with van der Waals surface area (Å²) in [6.07, 6.45) is 0. The Labute approximate surface area is 320 Å². The van der Waals surface area contributed by atoms with Crippen molar-refractivity contribution in [3.63, 3.8) is 0 Å². The number of thiophene rings is 1. The van der Waals surface area contributed by atoms with Crippen molar-refractivity contribution in [2.24, 2.45) is 0 Å². The van der Waals surface area contributed by atoms with Gasteiger partial charge in [-0.2, -0.15) is 0 Å². The van der Waals surface area contributed by atoms with Crippen molar-refractivity contribution < 1.29 is 0 Å². The minimum absolute atomic E-state index is 0.0507. The van der Waals surface area contributed by atoms with Crippen LogP contribution in [0.1, 0.15) is 49.9 Å². The first-order chi connectivity index (χ1) is 26.3. The van der Waals surface area contributed by atoms with Crippen molar-refractivity contribution in [2.45, 2.75) is 38.5 Å². The van der Waals surface area contributed by atoms with Crippen LogP contribution in [0.25, 0.3) is 64.3 Å². The number of anilines is 3. The molecule has 0 saturated carbocycles. The molecule has 258 valence electrons. The zero-order valence-electron chi connectivity index (χ0n) is 30.9. The monoisotopic (exact) mass is 709 g/mol. The predicted molar refractivity (Wildman–Crippen MR) is 232 cm³/mol. The second-order valence-corrected chi connectivity index (χ2v) is 17.2. The molecule has 8 aromatic carbocycles. The molecule has 0 unspecified atom stereocenters. The number of rotatable bonds is 4. The smallest absolute Gasteiger partial charge is 0.0543 e. The van der Waals surface area contributed by atoms with E-state index in [0.29, 0.717) is 0 Å². The van der Waals surface area contributed by atoms with E-state index in [2.05, 4.69) is 196 Å². The molecule has 11 rings (SSSR count). The number of benzene rings is 8. The Bertz CT molecular complexity index is 3000. The fourth-order valence-corrected chi connectivity index (χ4v) is 11.0. The van der Waals surface area contributed by atoms with Crippen LogP contribution in [0.5, 0.6) is 0 Å². The quantitative estimate of drug-likeness (QED) is 0.176. The number of nitrogens with zero attached hydrogens (tertiary/aromatic N) is 1. The van der Waals surface area contributed by atoms with Gasteiger partial charge in [-0.1, -0.05) is 149 Å². The molecule has 0 bridgehead atoms. The largest absolute Gasteiger partial charge is 0.310 e. The van der Waals surface area contributed by atoms with Crippen molar-refractivity contribution in [3.8, 4) is 33.4 Å². The van der Waals surface area contributed by atoms with E-state index in [0.717, 1.165) is 5.69 Å². The van der Waals surface area contributed by atoms with Crippen LogP contribution in [0.15, 0.2) is 164 Å². The summed E-state index contributed by atoms with van der Waals surface area (Å²) in [5.41, 5.74) is 16.7. The highest BCUT2D eigenvalue weighted by molar-refractivity contribution is 7.26. The van der Waals surface area contributed by atoms with Gasteiger partial charge in [0.15, 0.2) is 0 Å². The first kappa shape index (κ1) is 31.6. The number of hydrogen-bond donors (Lipinski definition) is 0. The lowest BCUT2D eigenvalue weighted by atomic mass is 9.82. The molecule has 54 heavy (non-hydrogen) atoms. The van der Waals surface area contributed by atoms with Gasteiger partial charge in [-0.25, -0.2) is 0 Å². The topological polar surface area (TPSA) is 3.24 Å². The molecule has 2 heteroatoms. The van der Waals surface area contributed by atoms with Crippen LogP contribution in [-0.2, 0) is 10.8 Å². The third-order valence-corrected chi connectivity index (χ3v) is 13.7. The molecule has 1 heterocycles. The van der Waals surface area contributed by atoms with E-state index in [1.165, 1.54) is 98.0 Å². The van der Waals surface area contributed by atoms with Crippen molar-refractivity contribution in [1.82, 2.24) is 0 Å². The molecule has 9 aromatic rings. The molecule has 1 aromatic heterocycles. The average Bonchev–Trinajstić information content (AvgIpc) is 3.79. The highest BCUT2D eigenvalue weighted by Gasteiger charge is 2.39. The Kier molecular flexibility index (Phi) is 6.59. The van der Waals surface area contributed by atoms with E-state index in [9.17, 15) is 0 Å². The maximum atomic E-state index is 2.50. The SMILES string of the molecule is CC1(C)c2ccccc2-c2cc(N(c3ccc(-c4cc5ccccc5c5sc6ccccc6c45)cc3)c3cccc4c3-c3ccccc3C4(C)C)ccc21. The fraction of sp³-hybridized carbons (Fsp3) is 0.115. The van der Waals surface area contributed by atoms with Crippen LogP contribution >= 0.6 is 11.3 Å². The molecular weight excluding hydrogens is 671 g/mol. The summed E-state index contributed by atoms with van der Waals surface area (Å²) in [5.74, 6) is 0. The summed E-state index contributed by atoms with van der Waals surface area (Å²) < 4.78 is 2.69. The lowest BCUT2D eigenvalue weighted by Gasteiger charge is -2.30. The Hall–Kier alpha value is -5.96. The van der Waals surface area contributed by atoms with E-state index < -0.39 is 0 Å². The van der Waals surface area contributed by atoms with Crippen LogP contribution in [0, 0.1) is 0 Å². The van der Waals surface area contributed by atoms with Crippen LogP contribution in [0.2, 0.25) is 0 Å². The summed E-state index contributed by atoms with van der Waals surface area (Å²) in [7, 11) is 0. The van der Waals surface area contributed by atoms with Crippen LogP contribution in [0.4, 0.5) is 17.1 Å². The molecule has 0 spiro atoms. The van der Waals surface area contributed by atoms with Gasteiger partial charge in [0.2, 0.25) is 0 Å². The first-order valence-electron chi connectivity index (χ1n) is 19.0. The molecule has 0 N–H and O–H groups in total. The van der Waals surface area contributed by atoms with Crippen LogP contribution < -0.4 is 4.90 Å². The Morgan fingerprint density at radius 2 is 1.06 bits per heavy atom.